The van der Waals surface area contributed by atoms with Crippen LogP contribution in [0.15, 0.2) is 12.7 Å². The van der Waals surface area contributed by atoms with Crippen molar-refractivity contribution in [2.24, 2.45) is 11.8 Å². The van der Waals surface area contributed by atoms with E-state index >= 15 is 0 Å². The van der Waals surface area contributed by atoms with Gasteiger partial charge in [-0.1, -0.05) is 26.3 Å². The van der Waals surface area contributed by atoms with Crippen LogP contribution in [0.4, 0.5) is 0 Å². The highest BCUT2D eigenvalue weighted by atomic mass is 16.2. The Morgan fingerprint density at radius 1 is 1.53 bits per heavy atom. The van der Waals surface area contributed by atoms with E-state index < -0.39 is 0 Å². The highest BCUT2D eigenvalue weighted by molar-refractivity contribution is 5.81. The minimum absolute atomic E-state index is 0.0667. The molecular formula is C14H26N2O. The number of hydrogen-bond donors (Lipinski definition) is 2. The zero-order valence-electron chi connectivity index (χ0n) is 11.3. The van der Waals surface area contributed by atoms with Crippen molar-refractivity contribution in [1.82, 2.24) is 10.6 Å². The Labute approximate surface area is 105 Å². The molecule has 1 fully saturated rings. The van der Waals surface area contributed by atoms with Gasteiger partial charge in [0.15, 0.2) is 0 Å². The molecule has 0 spiro atoms. The van der Waals surface area contributed by atoms with Gasteiger partial charge in [0.1, 0.15) is 0 Å². The first-order valence-electron chi connectivity index (χ1n) is 6.74. The Morgan fingerprint density at radius 2 is 2.24 bits per heavy atom. The topological polar surface area (TPSA) is 41.1 Å². The smallest absolute Gasteiger partial charge is 0.237 e. The van der Waals surface area contributed by atoms with E-state index in [0.29, 0.717) is 18.5 Å². The number of carbonyl (C=O) groups excluding carboxylic acids is 1. The lowest BCUT2D eigenvalue weighted by Gasteiger charge is -2.24. The number of nitrogens with one attached hydrogen (secondary N) is 2. The summed E-state index contributed by atoms with van der Waals surface area (Å²) < 4.78 is 0. The molecule has 0 heterocycles. The fourth-order valence-electron chi connectivity index (χ4n) is 2.78. The average molecular weight is 238 g/mol. The molecule has 1 amide bonds. The van der Waals surface area contributed by atoms with Crippen LogP contribution in [0.25, 0.3) is 0 Å². The lowest BCUT2D eigenvalue weighted by atomic mass is 9.93. The van der Waals surface area contributed by atoms with Crippen molar-refractivity contribution in [3.8, 4) is 0 Å². The van der Waals surface area contributed by atoms with Gasteiger partial charge in [-0.25, -0.2) is 0 Å². The summed E-state index contributed by atoms with van der Waals surface area (Å²) >= 11 is 0. The lowest BCUT2D eigenvalue weighted by molar-refractivity contribution is -0.122. The molecule has 3 heteroatoms. The number of hydrogen-bond acceptors (Lipinski definition) is 2. The van der Waals surface area contributed by atoms with Crippen molar-refractivity contribution in [2.75, 3.05) is 6.54 Å². The second kappa shape index (κ2) is 6.80. The largest absolute Gasteiger partial charge is 0.351 e. The Hall–Kier alpha value is -0.830. The monoisotopic (exact) mass is 238 g/mol. The molecule has 0 aromatic carbocycles. The van der Waals surface area contributed by atoms with E-state index in [4.69, 9.17) is 0 Å². The third-order valence-electron chi connectivity index (χ3n) is 4.03. The molecular weight excluding hydrogens is 212 g/mol. The first kappa shape index (κ1) is 14.2. The Morgan fingerprint density at radius 3 is 2.76 bits per heavy atom. The maximum Gasteiger partial charge on any atom is 0.237 e. The summed E-state index contributed by atoms with van der Waals surface area (Å²) in [7, 11) is 0. The van der Waals surface area contributed by atoms with Gasteiger partial charge in [-0.3, -0.25) is 4.79 Å². The number of amides is 1. The van der Waals surface area contributed by atoms with Crippen molar-refractivity contribution in [1.29, 1.82) is 0 Å². The molecule has 0 bridgehead atoms. The third kappa shape index (κ3) is 3.84. The van der Waals surface area contributed by atoms with E-state index in [0.717, 1.165) is 5.92 Å². The van der Waals surface area contributed by atoms with Crippen molar-refractivity contribution in [2.45, 2.75) is 52.1 Å². The van der Waals surface area contributed by atoms with Crippen LogP contribution < -0.4 is 10.6 Å². The van der Waals surface area contributed by atoms with Crippen LogP contribution in [0.2, 0.25) is 0 Å². The van der Waals surface area contributed by atoms with Gasteiger partial charge in [0.2, 0.25) is 5.91 Å². The molecule has 4 unspecified atom stereocenters. The molecule has 0 aromatic rings. The predicted octanol–water partition coefficient (Wildman–Crippen LogP) is 2.09. The molecule has 1 rings (SSSR count). The molecule has 0 aromatic heterocycles. The van der Waals surface area contributed by atoms with E-state index in [-0.39, 0.29) is 11.9 Å². The average Bonchev–Trinajstić information content (AvgIpc) is 2.67. The van der Waals surface area contributed by atoms with E-state index in [2.05, 4.69) is 31.1 Å². The third-order valence-corrected chi connectivity index (χ3v) is 4.03. The van der Waals surface area contributed by atoms with Crippen molar-refractivity contribution < 1.29 is 4.79 Å². The molecule has 3 nitrogen and oxygen atoms in total. The van der Waals surface area contributed by atoms with Gasteiger partial charge in [0, 0.05) is 12.6 Å². The number of rotatable bonds is 6. The van der Waals surface area contributed by atoms with Crippen LogP contribution in [-0.4, -0.2) is 24.5 Å². The van der Waals surface area contributed by atoms with Gasteiger partial charge in [-0.15, -0.1) is 6.58 Å². The molecule has 4 atom stereocenters. The molecule has 2 N–H and O–H groups in total. The molecule has 17 heavy (non-hydrogen) atoms. The summed E-state index contributed by atoms with van der Waals surface area (Å²) in [6, 6.07) is 0.377. The van der Waals surface area contributed by atoms with E-state index in [1.165, 1.54) is 19.3 Å². The second-order valence-corrected chi connectivity index (χ2v) is 5.13. The van der Waals surface area contributed by atoms with Crippen LogP contribution >= 0.6 is 0 Å². The lowest BCUT2D eigenvalue weighted by Crippen LogP contribution is -2.47. The Balaban J connectivity index is 2.38. The van der Waals surface area contributed by atoms with Gasteiger partial charge < -0.3 is 10.6 Å². The second-order valence-electron chi connectivity index (χ2n) is 5.13. The van der Waals surface area contributed by atoms with E-state index in [1.54, 1.807) is 6.08 Å². The summed E-state index contributed by atoms with van der Waals surface area (Å²) in [5.74, 6) is 1.56. The molecule has 1 saturated carbocycles. The molecule has 1 aliphatic carbocycles. The highest BCUT2D eigenvalue weighted by Crippen LogP contribution is 2.33. The molecule has 0 aliphatic heterocycles. The fraction of sp³-hybridized carbons (Fsp3) is 0.786. The quantitative estimate of drug-likeness (QED) is 0.696. The first-order chi connectivity index (χ1) is 8.10. The molecule has 0 radical (unpaired) electrons. The highest BCUT2D eigenvalue weighted by Gasteiger charge is 2.32. The van der Waals surface area contributed by atoms with Gasteiger partial charge in [-0.05, 0) is 31.6 Å². The molecule has 0 saturated heterocycles. The van der Waals surface area contributed by atoms with E-state index in [1.807, 2.05) is 6.92 Å². The standard InChI is InChI=1S/C14H26N2O/c1-5-9-15-14(17)11(4)16-13-8-7-12(6-2)10(13)3/h5,10-13,16H,1,6-9H2,2-4H3,(H,15,17). The van der Waals surface area contributed by atoms with Gasteiger partial charge in [0.05, 0.1) is 6.04 Å². The van der Waals surface area contributed by atoms with Crippen molar-refractivity contribution in [3.63, 3.8) is 0 Å². The number of carbonyl (C=O) groups is 1. The van der Waals surface area contributed by atoms with Crippen LogP contribution in [-0.2, 0) is 4.79 Å². The van der Waals surface area contributed by atoms with E-state index in [9.17, 15) is 4.79 Å². The maximum absolute atomic E-state index is 11.7. The van der Waals surface area contributed by atoms with Crippen LogP contribution in [0.5, 0.6) is 0 Å². The summed E-state index contributed by atoms with van der Waals surface area (Å²) in [6.07, 6.45) is 5.43. The van der Waals surface area contributed by atoms with Crippen LogP contribution in [0, 0.1) is 11.8 Å². The van der Waals surface area contributed by atoms with Crippen LogP contribution in [0.3, 0.4) is 0 Å². The van der Waals surface area contributed by atoms with Crippen LogP contribution in [0.1, 0.15) is 40.0 Å². The van der Waals surface area contributed by atoms with Crippen molar-refractivity contribution in [3.05, 3.63) is 12.7 Å². The SMILES string of the molecule is C=CCNC(=O)C(C)NC1CCC(CC)C1C. The summed E-state index contributed by atoms with van der Waals surface area (Å²) in [6.45, 7) is 10.6. The molecule has 1 aliphatic rings. The predicted molar refractivity (Wildman–Crippen MR) is 71.8 cm³/mol. The normalized spacial score (nSPS) is 29.9. The summed E-state index contributed by atoms with van der Waals surface area (Å²) in [5.41, 5.74) is 0. The Kier molecular flexibility index (Phi) is 5.69. The zero-order chi connectivity index (χ0) is 12.8. The summed E-state index contributed by atoms with van der Waals surface area (Å²) in [4.78, 5) is 11.7. The van der Waals surface area contributed by atoms with Gasteiger partial charge in [0.25, 0.3) is 0 Å². The summed E-state index contributed by atoms with van der Waals surface area (Å²) in [5, 5.41) is 6.28. The van der Waals surface area contributed by atoms with Gasteiger partial charge >= 0.3 is 0 Å². The first-order valence-corrected chi connectivity index (χ1v) is 6.74. The minimum atomic E-state index is -0.113. The maximum atomic E-state index is 11.7. The molecule has 98 valence electrons. The fourth-order valence-corrected chi connectivity index (χ4v) is 2.78. The minimum Gasteiger partial charge on any atom is -0.351 e. The zero-order valence-corrected chi connectivity index (χ0v) is 11.3. The van der Waals surface area contributed by atoms with Crippen molar-refractivity contribution >= 4 is 5.91 Å². The Bertz CT molecular complexity index is 265. The van der Waals surface area contributed by atoms with Gasteiger partial charge in [-0.2, -0.15) is 0 Å².